The van der Waals surface area contributed by atoms with Crippen LogP contribution in [0.4, 0.5) is 0 Å². The Morgan fingerprint density at radius 1 is 1.18 bits per heavy atom. The van der Waals surface area contributed by atoms with E-state index in [1.807, 2.05) is 24.3 Å². The summed E-state index contributed by atoms with van der Waals surface area (Å²) in [7, 11) is 0. The first kappa shape index (κ1) is 7.20. The van der Waals surface area contributed by atoms with Crippen LogP contribution >= 0.6 is 23.2 Å². The Hall–Kier alpha value is -0.460. The minimum absolute atomic E-state index is 0.781. The Bertz CT molecular complexity index is 326. The molecule has 0 nitrogen and oxygen atoms in total. The van der Waals surface area contributed by atoms with Gasteiger partial charge in [0.1, 0.15) is 0 Å². The van der Waals surface area contributed by atoms with Gasteiger partial charge in [0.25, 0.3) is 0 Å². The van der Waals surface area contributed by atoms with Crippen molar-refractivity contribution >= 4 is 29.3 Å². The van der Waals surface area contributed by atoms with Gasteiger partial charge in [0, 0.05) is 16.5 Å². The Labute approximate surface area is 75.4 Å². The predicted molar refractivity (Wildman–Crippen MR) is 49.0 cm³/mol. The van der Waals surface area contributed by atoms with Gasteiger partial charge in [0.05, 0.1) is 0 Å². The Morgan fingerprint density at radius 3 is 2.82 bits per heavy atom. The first-order valence-electron chi connectivity index (χ1n) is 3.40. The van der Waals surface area contributed by atoms with E-state index in [-0.39, 0.29) is 0 Å². The summed E-state index contributed by atoms with van der Waals surface area (Å²) in [5.41, 5.74) is 2.42. The summed E-state index contributed by atoms with van der Waals surface area (Å²) in [5, 5.41) is 1.67. The zero-order valence-corrected chi connectivity index (χ0v) is 7.28. The molecule has 0 aliphatic heterocycles. The van der Waals surface area contributed by atoms with Gasteiger partial charge in [-0.2, -0.15) is 0 Å². The number of benzene rings is 1. The van der Waals surface area contributed by atoms with Crippen molar-refractivity contribution in [2.75, 3.05) is 0 Å². The SMILES string of the molecule is ClC1=Cc2ccc(Cl)cc2C1. The molecule has 0 saturated heterocycles. The Kier molecular flexibility index (Phi) is 1.67. The fourth-order valence-corrected chi connectivity index (χ4v) is 1.73. The van der Waals surface area contributed by atoms with E-state index in [9.17, 15) is 0 Å². The molecule has 2 rings (SSSR count). The van der Waals surface area contributed by atoms with Crippen LogP contribution in [0, 0.1) is 0 Å². The molecule has 56 valence electrons. The van der Waals surface area contributed by atoms with E-state index in [4.69, 9.17) is 23.2 Å². The lowest BCUT2D eigenvalue weighted by molar-refractivity contribution is 1.29. The highest BCUT2D eigenvalue weighted by Crippen LogP contribution is 2.28. The van der Waals surface area contributed by atoms with Crippen LogP contribution in [-0.2, 0) is 6.42 Å². The van der Waals surface area contributed by atoms with Gasteiger partial charge in [0.15, 0.2) is 0 Å². The zero-order chi connectivity index (χ0) is 7.84. The van der Waals surface area contributed by atoms with Crippen LogP contribution in [0.15, 0.2) is 23.2 Å². The van der Waals surface area contributed by atoms with Gasteiger partial charge in [-0.25, -0.2) is 0 Å². The second-order valence-corrected chi connectivity index (χ2v) is 3.53. The smallest absolute Gasteiger partial charge is 0.0409 e. The molecule has 0 bridgehead atoms. The van der Waals surface area contributed by atoms with Crippen molar-refractivity contribution < 1.29 is 0 Å². The van der Waals surface area contributed by atoms with E-state index < -0.39 is 0 Å². The van der Waals surface area contributed by atoms with Crippen LogP contribution in [0.25, 0.3) is 6.08 Å². The average molecular weight is 185 g/mol. The first-order chi connectivity index (χ1) is 5.25. The maximum Gasteiger partial charge on any atom is 0.0409 e. The van der Waals surface area contributed by atoms with E-state index in [0.717, 1.165) is 16.5 Å². The number of allylic oxidation sites excluding steroid dienone is 1. The minimum Gasteiger partial charge on any atom is -0.0888 e. The molecular weight excluding hydrogens is 179 g/mol. The van der Waals surface area contributed by atoms with Gasteiger partial charge < -0.3 is 0 Å². The molecule has 0 atom stereocenters. The third-order valence-electron chi connectivity index (χ3n) is 1.78. The quantitative estimate of drug-likeness (QED) is 0.580. The molecule has 0 radical (unpaired) electrons. The summed E-state index contributed by atoms with van der Waals surface area (Å²) < 4.78 is 0. The van der Waals surface area contributed by atoms with E-state index in [1.165, 1.54) is 11.1 Å². The van der Waals surface area contributed by atoms with E-state index in [1.54, 1.807) is 0 Å². The summed E-state index contributed by atoms with van der Waals surface area (Å²) in [6.45, 7) is 0. The maximum atomic E-state index is 5.85. The van der Waals surface area contributed by atoms with Gasteiger partial charge in [0.2, 0.25) is 0 Å². The molecule has 1 aliphatic rings. The molecular formula is C9H6Cl2. The largest absolute Gasteiger partial charge is 0.0888 e. The van der Waals surface area contributed by atoms with Crippen molar-refractivity contribution in [1.29, 1.82) is 0 Å². The van der Waals surface area contributed by atoms with Crippen molar-refractivity contribution in [3.05, 3.63) is 39.4 Å². The molecule has 0 N–H and O–H groups in total. The molecule has 11 heavy (non-hydrogen) atoms. The third-order valence-corrected chi connectivity index (χ3v) is 2.25. The number of rotatable bonds is 0. The lowest BCUT2D eigenvalue weighted by atomic mass is 10.1. The molecule has 0 amide bonds. The summed E-state index contributed by atoms with van der Waals surface area (Å²) in [5.74, 6) is 0. The Morgan fingerprint density at radius 2 is 2.00 bits per heavy atom. The molecule has 1 aliphatic carbocycles. The number of fused-ring (bicyclic) bond motifs is 1. The predicted octanol–water partition coefficient (Wildman–Crippen LogP) is 3.48. The van der Waals surface area contributed by atoms with Crippen molar-refractivity contribution in [2.24, 2.45) is 0 Å². The zero-order valence-electron chi connectivity index (χ0n) is 5.77. The normalized spacial score (nSPS) is 14.5. The Balaban J connectivity index is 2.52. The lowest BCUT2D eigenvalue weighted by Crippen LogP contribution is -1.80. The second-order valence-electron chi connectivity index (χ2n) is 2.61. The van der Waals surface area contributed by atoms with Crippen molar-refractivity contribution in [3.63, 3.8) is 0 Å². The fraction of sp³-hybridized carbons (Fsp3) is 0.111. The van der Waals surface area contributed by atoms with Gasteiger partial charge in [-0.1, -0.05) is 29.3 Å². The summed E-state index contributed by atoms with van der Waals surface area (Å²) in [4.78, 5) is 0. The maximum absolute atomic E-state index is 5.85. The third kappa shape index (κ3) is 1.29. The van der Waals surface area contributed by atoms with Crippen molar-refractivity contribution in [2.45, 2.75) is 6.42 Å². The van der Waals surface area contributed by atoms with Crippen LogP contribution in [0.1, 0.15) is 11.1 Å². The fourth-order valence-electron chi connectivity index (χ4n) is 1.27. The van der Waals surface area contributed by atoms with Gasteiger partial charge in [-0.05, 0) is 29.3 Å². The lowest BCUT2D eigenvalue weighted by Gasteiger charge is -1.96. The standard InChI is InChI=1S/C9H6Cl2/c10-8-2-1-6-3-9(11)5-7(6)4-8/h1-4H,5H2. The summed E-state index contributed by atoms with van der Waals surface area (Å²) in [6, 6.07) is 5.84. The molecule has 2 heteroatoms. The summed E-state index contributed by atoms with van der Waals surface area (Å²) in [6.07, 6.45) is 2.81. The monoisotopic (exact) mass is 184 g/mol. The molecule has 0 heterocycles. The number of hydrogen-bond donors (Lipinski definition) is 0. The van der Waals surface area contributed by atoms with E-state index in [0.29, 0.717) is 0 Å². The van der Waals surface area contributed by atoms with Crippen molar-refractivity contribution in [1.82, 2.24) is 0 Å². The van der Waals surface area contributed by atoms with Crippen molar-refractivity contribution in [3.8, 4) is 0 Å². The molecule has 0 aromatic heterocycles. The molecule has 1 aromatic rings. The van der Waals surface area contributed by atoms with Gasteiger partial charge in [-0.3, -0.25) is 0 Å². The molecule has 0 fully saturated rings. The molecule has 0 unspecified atom stereocenters. The first-order valence-corrected chi connectivity index (χ1v) is 4.16. The highest BCUT2D eigenvalue weighted by molar-refractivity contribution is 6.33. The van der Waals surface area contributed by atoms with E-state index in [2.05, 4.69) is 0 Å². The number of hydrogen-bond acceptors (Lipinski definition) is 0. The molecule has 0 saturated carbocycles. The second kappa shape index (κ2) is 2.54. The number of halogens is 2. The van der Waals surface area contributed by atoms with Crippen LogP contribution < -0.4 is 0 Å². The average Bonchev–Trinajstić information content (AvgIpc) is 2.27. The van der Waals surface area contributed by atoms with Crippen LogP contribution in [0.3, 0.4) is 0 Å². The highest BCUT2D eigenvalue weighted by Gasteiger charge is 2.10. The molecule has 0 spiro atoms. The van der Waals surface area contributed by atoms with Crippen LogP contribution in [0.5, 0.6) is 0 Å². The minimum atomic E-state index is 0.781. The van der Waals surface area contributed by atoms with Crippen LogP contribution in [-0.4, -0.2) is 0 Å². The van der Waals surface area contributed by atoms with E-state index >= 15 is 0 Å². The topological polar surface area (TPSA) is 0 Å². The van der Waals surface area contributed by atoms with Gasteiger partial charge >= 0.3 is 0 Å². The van der Waals surface area contributed by atoms with Gasteiger partial charge in [-0.15, -0.1) is 0 Å². The summed E-state index contributed by atoms with van der Waals surface area (Å²) >= 11 is 11.7. The highest BCUT2D eigenvalue weighted by atomic mass is 35.5. The molecule has 1 aromatic carbocycles. The van der Waals surface area contributed by atoms with Crippen LogP contribution in [0.2, 0.25) is 5.02 Å².